The molecule has 2 heterocycles. The molecule has 2 N–H and O–H groups in total. The normalized spacial score (nSPS) is 20.5. The van der Waals surface area contributed by atoms with Gasteiger partial charge in [0, 0.05) is 0 Å². The van der Waals surface area contributed by atoms with Crippen LogP contribution in [0.3, 0.4) is 0 Å². The van der Waals surface area contributed by atoms with Gasteiger partial charge in [0.1, 0.15) is 11.5 Å². The van der Waals surface area contributed by atoms with Crippen molar-refractivity contribution in [1.29, 1.82) is 0 Å². The fraction of sp³-hybridized carbons (Fsp3) is 0.545. The zero-order chi connectivity index (χ0) is 10.7. The zero-order valence-corrected chi connectivity index (χ0v) is 8.88. The van der Waals surface area contributed by atoms with Crippen LogP contribution in [0.15, 0.2) is 16.5 Å². The van der Waals surface area contributed by atoms with Gasteiger partial charge in [-0.3, -0.25) is 4.79 Å². The fourth-order valence-electron chi connectivity index (χ4n) is 1.79. The molecule has 1 aliphatic rings. The molecule has 15 heavy (non-hydrogen) atoms. The van der Waals surface area contributed by atoms with E-state index in [0.29, 0.717) is 6.54 Å². The number of nitrogens with one attached hydrogen (secondary N) is 2. The van der Waals surface area contributed by atoms with Crippen LogP contribution in [0, 0.1) is 6.92 Å². The predicted molar refractivity (Wildman–Crippen MR) is 56.3 cm³/mol. The molecule has 0 spiro atoms. The van der Waals surface area contributed by atoms with Gasteiger partial charge in [-0.2, -0.15) is 0 Å². The first-order chi connectivity index (χ1) is 7.25. The molecule has 0 unspecified atom stereocenters. The minimum atomic E-state index is -0.0129. The Labute approximate surface area is 89.0 Å². The van der Waals surface area contributed by atoms with Crippen molar-refractivity contribution >= 4 is 5.91 Å². The second-order valence-electron chi connectivity index (χ2n) is 3.88. The van der Waals surface area contributed by atoms with Crippen molar-refractivity contribution in [2.24, 2.45) is 0 Å². The molecular weight excluding hydrogens is 192 g/mol. The van der Waals surface area contributed by atoms with Crippen LogP contribution in [0.5, 0.6) is 0 Å². The van der Waals surface area contributed by atoms with E-state index in [1.807, 2.05) is 19.1 Å². The molecule has 4 nitrogen and oxygen atoms in total. The van der Waals surface area contributed by atoms with Gasteiger partial charge in [-0.15, -0.1) is 0 Å². The monoisotopic (exact) mass is 208 g/mol. The molecule has 0 aliphatic carbocycles. The maximum Gasteiger partial charge on any atom is 0.237 e. The van der Waals surface area contributed by atoms with Crippen molar-refractivity contribution in [3.63, 3.8) is 0 Å². The Kier molecular flexibility index (Phi) is 3.06. The van der Waals surface area contributed by atoms with E-state index in [1.54, 1.807) is 0 Å². The summed E-state index contributed by atoms with van der Waals surface area (Å²) in [6, 6.07) is 3.77. The van der Waals surface area contributed by atoms with Crippen molar-refractivity contribution < 1.29 is 9.21 Å². The highest BCUT2D eigenvalue weighted by Crippen LogP contribution is 2.07. The summed E-state index contributed by atoms with van der Waals surface area (Å²) < 4.78 is 5.36. The predicted octanol–water partition coefficient (Wildman–Crippen LogP) is 0.956. The molecule has 1 amide bonds. The molecule has 1 aliphatic heterocycles. The van der Waals surface area contributed by atoms with Crippen LogP contribution in [-0.4, -0.2) is 18.5 Å². The molecule has 0 saturated carbocycles. The average Bonchev–Trinajstić information content (AvgIpc) is 2.84. The Morgan fingerprint density at radius 1 is 1.67 bits per heavy atom. The van der Waals surface area contributed by atoms with Crippen molar-refractivity contribution in [2.45, 2.75) is 32.4 Å². The summed E-state index contributed by atoms with van der Waals surface area (Å²) in [6.07, 6.45) is 2.01. The van der Waals surface area contributed by atoms with E-state index < -0.39 is 0 Å². The summed E-state index contributed by atoms with van der Waals surface area (Å²) in [5.74, 6) is 1.75. The number of aryl methyl sites for hydroxylation is 1. The topological polar surface area (TPSA) is 54.3 Å². The minimum Gasteiger partial charge on any atom is -0.465 e. The van der Waals surface area contributed by atoms with Crippen molar-refractivity contribution in [3.05, 3.63) is 23.7 Å². The van der Waals surface area contributed by atoms with Gasteiger partial charge in [-0.25, -0.2) is 0 Å². The Hall–Kier alpha value is -1.29. The Balaban J connectivity index is 1.80. The standard InChI is InChI=1S/C11H16N2O2/c1-8-4-5-9(15-8)7-13-11(14)10-3-2-6-12-10/h4-5,10,12H,2-3,6-7H2,1H3,(H,13,14)/t10-/m0/s1. The van der Waals surface area contributed by atoms with Crippen molar-refractivity contribution in [3.8, 4) is 0 Å². The van der Waals surface area contributed by atoms with Gasteiger partial charge >= 0.3 is 0 Å². The minimum absolute atomic E-state index is 0.0129. The highest BCUT2D eigenvalue weighted by atomic mass is 16.3. The smallest absolute Gasteiger partial charge is 0.237 e. The average molecular weight is 208 g/mol. The number of hydrogen-bond acceptors (Lipinski definition) is 3. The lowest BCUT2D eigenvalue weighted by atomic mass is 10.2. The second kappa shape index (κ2) is 4.49. The first-order valence-electron chi connectivity index (χ1n) is 5.32. The Bertz CT molecular complexity index is 340. The van der Waals surface area contributed by atoms with Crippen LogP contribution in [0.4, 0.5) is 0 Å². The molecule has 1 atom stereocenters. The van der Waals surface area contributed by atoms with Gasteiger partial charge in [0.2, 0.25) is 5.91 Å². The van der Waals surface area contributed by atoms with Crippen molar-refractivity contribution in [1.82, 2.24) is 10.6 Å². The molecule has 0 aromatic carbocycles. The number of amides is 1. The lowest BCUT2D eigenvalue weighted by Crippen LogP contribution is -2.39. The van der Waals surface area contributed by atoms with Gasteiger partial charge in [0.05, 0.1) is 12.6 Å². The van der Waals surface area contributed by atoms with E-state index in [0.717, 1.165) is 30.9 Å². The van der Waals surface area contributed by atoms with E-state index in [4.69, 9.17) is 4.42 Å². The molecule has 0 radical (unpaired) electrons. The number of carbonyl (C=O) groups is 1. The first-order valence-corrected chi connectivity index (χ1v) is 5.32. The quantitative estimate of drug-likeness (QED) is 0.777. The third-order valence-corrected chi connectivity index (χ3v) is 2.61. The highest BCUT2D eigenvalue weighted by molar-refractivity contribution is 5.81. The van der Waals surface area contributed by atoms with Gasteiger partial charge in [-0.05, 0) is 38.4 Å². The number of rotatable bonds is 3. The molecule has 1 saturated heterocycles. The summed E-state index contributed by atoms with van der Waals surface area (Å²) in [5, 5.41) is 6.01. The summed E-state index contributed by atoms with van der Waals surface area (Å²) in [7, 11) is 0. The molecule has 1 aromatic rings. The third kappa shape index (κ3) is 2.59. The molecule has 82 valence electrons. The lowest BCUT2D eigenvalue weighted by Gasteiger charge is -2.09. The van der Waals surface area contributed by atoms with Gasteiger partial charge in [0.25, 0.3) is 0 Å². The van der Waals surface area contributed by atoms with Gasteiger partial charge in [0.15, 0.2) is 0 Å². The fourth-order valence-corrected chi connectivity index (χ4v) is 1.79. The summed E-state index contributed by atoms with van der Waals surface area (Å²) >= 11 is 0. The second-order valence-corrected chi connectivity index (χ2v) is 3.88. The summed E-state index contributed by atoms with van der Waals surface area (Å²) in [6.45, 7) is 3.31. The van der Waals surface area contributed by atoms with Crippen LogP contribution in [-0.2, 0) is 11.3 Å². The highest BCUT2D eigenvalue weighted by Gasteiger charge is 2.21. The number of furan rings is 1. The summed E-state index contributed by atoms with van der Waals surface area (Å²) in [5.41, 5.74) is 0. The molecular formula is C11H16N2O2. The van der Waals surface area contributed by atoms with Crippen LogP contribution in [0.1, 0.15) is 24.4 Å². The van der Waals surface area contributed by atoms with Gasteiger partial charge < -0.3 is 15.1 Å². The Morgan fingerprint density at radius 3 is 3.13 bits per heavy atom. The van der Waals surface area contributed by atoms with E-state index in [2.05, 4.69) is 10.6 Å². The first kappa shape index (κ1) is 10.2. The maximum atomic E-state index is 11.6. The maximum absolute atomic E-state index is 11.6. The molecule has 0 bridgehead atoms. The zero-order valence-electron chi connectivity index (χ0n) is 8.88. The van der Waals surface area contributed by atoms with E-state index in [1.165, 1.54) is 0 Å². The van der Waals surface area contributed by atoms with Crippen LogP contribution in [0.2, 0.25) is 0 Å². The largest absolute Gasteiger partial charge is 0.465 e. The SMILES string of the molecule is Cc1ccc(CNC(=O)[C@@H]2CCCN2)o1. The lowest BCUT2D eigenvalue weighted by molar-refractivity contribution is -0.123. The summed E-state index contributed by atoms with van der Waals surface area (Å²) in [4.78, 5) is 11.6. The molecule has 1 fully saturated rings. The number of hydrogen-bond donors (Lipinski definition) is 2. The Morgan fingerprint density at radius 2 is 2.53 bits per heavy atom. The third-order valence-electron chi connectivity index (χ3n) is 2.61. The van der Waals surface area contributed by atoms with E-state index in [9.17, 15) is 4.79 Å². The number of carbonyl (C=O) groups excluding carboxylic acids is 1. The molecule has 1 aromatic heterocycles. The van der Waals surface area contributed by atoms with Crippen LogP contribution < -0.4 is 10.6 Å². The van der Waals surface area contributed by atoms with Gasteiger partial charge in [-0.1, -0.05) is 0 Å². The molecule has 4 heteroatoms. The molecule has 2 rings (SSSR count). The van der Waals surface area contributed by atoms with E-state index in [-0.39, 0.29) is 11.9 Å². The van der Waals surface area contributed by atoms with Crippen molar-refractivity contribution in [2.75, 3.05) is 6.54 Å². The van der Waals surface area contributed by atoms with Crippen LogP contribution in [0.25, 0.3) is 0 Å². The van der Waals surface area contributed by atoms with E-state index >= 15 is 0 Å². The van der Waals surface area contributed by atoms with Crippen LogP contribution >= 0.6 is 0 Å².